The predicted octanol–water partition coefficient (Wildman–Crippen LogP) is 1.99. The monoisotopic (exact) mass is 271 g/mol. The zero-order valence-corrected chi connectivity index (χ0v) is 9.24. The van der Waals surface area contributed by atoms with Gasteiger partial charge in [0.1, 0.15) is 0 Å². The molecule has 7 heteroatoms. The number of hydrogen-bond donors (Lipinski definition) is 1. The van der Waals surface area contributed by atoms with E-state index in [4.69, 9.17) is 8.94 Å². The number of halogens is 1. The van der Waals surface area contributed by atoms with Crippen LogP contribution in [0.2, 0.25) is 0 Å². The molecule has 1 amide bonds. The number of nitrogens with one attached hydrogen (secondary N) is 1. The Labute approximate surface area is 92.8 Å². The van der Waals surface area contributed by atoms with Crippen LogP contribution in [0.15, 0.2) is 25.7 Å². The number of rotatable bonds is 2. The van der Waals surface area contributed by atoms with Crippen LogP contribution in [0, 0.1) is 6.92 Å². The topological polar surface area (TPSA) is 81.2 Å². The van der Waals surface area contributed by atoms with Gasteiger partial charge in [-0.15, -0.1) is 0 Å². The summed E-state index contributed by atoms with van der Waals surface area (Å²) in [6.45, 7) is 1.65. The Hall–Kier alpha value is -1.63. The Balaban J connectivity index is 2.14. The van der Waals surface area contributed by atoms with E-state index in [-0.39, 0.29) is 11.8 Å². The summed E-state index contributed by atoms with van der Waals surface area (Å²) in [7, 11) is 0. The molecule has 0 atom stereocenters. The first-order valence-corrected chi connectivity index (χ1v) is 4.81. The molecule has 78 valence electrons. The highest BCUT2D eigenvalue weighted by atomic mass is 79.9. The minimum absolute atomic E-state index is 0.0424. The molecule has 0 aliphatic rings. The van der Waals surface area contributed by atoms with Crippen molar-refractivity contribution in [2.24, 2.45) is 0 Å². The molecule has 2 heterocycles. The summed E-state index contributed by atoms with van der Waals surface area (Å²) in [5.41, 5.74) is 0. The second-order valence-corrected chi connectivity index (χ2v) is 3.55. The molecule has 0 unspecified atom stereocenters. The maximum atomic E-state index is 11.5. The van der Waals surface area contributed by atoms with Gasteiger partial charge >= 0.3 is 6.01 Å². The lowest BCUT2D eigenvalue weighted by atomic mass is 10.4. The molecule has 0 bridgehead atoms. The van der Waals surface area contributed by atoms with Gasteiger partial charge in [0.2, 0.25) is 5.76 Å². The number of carbonyl (C=O) groups excluding carboxylic acids is 1. The van der Waals surface area contributed by atoms with E-state index in [9.17, 15) is 4.79 Å². The van der Waals surface area contributed by atoms with Gasteiger partial charge in [0.15, 0.2) is 5.82 Å². The van der Waals surface area contributed by atoms with Gasteiger partial charge in [-0.1, -0.05) is 5.16 Å². The van der Waals surface area contributed by atoms with Crippen molar-refractivity contribution >= 4 is 27.9 Å². The molecule has 2 aromatic heterocycles. The highest BCUT2D eigenvalue weighted by molar-refractivity contribution is 9.10. The van der Waals surface area contributed by atoms with Gasteiger partial charge in [-0.2, -0.15) is 4.98 Å². The summed E-state index contributed by atoms with van der Waals surface area (Å²) >= 11 is 3.16. The van der Waals surface area contributed by atoms with Crippen molar-refractivity contribution < 1.29 is 13.7 Å². The van der Waals surface area contributed by atoms with E-state index in [2.05, 4.69) is 31.4 Å². The highest BCUT2D eigenvalue weighted by Gasteiger charge is 2.16. The first-order chi connectivity index (χ1) is 7.16. The first-order valence-electron chi connectivity index (χ1n) is 4.01. The van der Waals surface area contributed by atoms with Crippen molar-refractivity contribution in [1.29, 1.82) is 0 Å². The molecule has 0 aromatic carbocycles. The van der Waals surface area contributed by atoms with Gasteiger partial charge < -0.3 is 8.94 Å². The normalized spacial score (nSPS) is 10.3. The summed E-state index contributed by atoms with van der Waals surface area (Å²) in [4.78, 5) is 15.4. The van der Waals surface area contributed by atoms with Crippen LogP contribution >= 0.6 is 15.9 Å². The molecule has 0 saturated heterocycles. The van der Waals surface area contributed by atoms with Crippen molar-refractivity contribution in [3.8, 4) is 0 Å². The molecule has 0 saturated carbocycles. The van der Waals surface area contributed by atoms with Gasteiger partial charge in [-0.3, -0.25) is 10.1 Å². The van der Waals surface area contributed by atoms with E-state index in [1.165, 1.54) is 6.26 Å². The number of carbonyl (C=O) groups is 1. The lowest BCUT2D eigenvalue weighted by molar-refractivity contribution is 0.0992. The highest BCUT2D eigenvalue weighted by Crippen LogP contribution is 2.18. The van der Waals surface area contributed by atoms with Crippen LogP contribution in [0.5, 0.6) is 0 Å². The quantitative estimate of drug-likeness (QED) is 0.903. The maximum absolute atomic E-state index is 11.5. The SMILES string of the molecule is Cc1noc(NC(=O)c2occc2Br)n1. The Morgan fingerprint density at radius 2 is 2.40 bits per heavy atom. The van der Waals surface area contributed by atoms with Crippen molar-refractivity contribution in [2.45, 2.75) is 6.92 Å². The number of hydrogen-bond acceptors (Lipinski definition) is 5. The fraction of sp³-hybridized carbons (Fsp3) is 0.125. The summed E-state index contributed by atoms with van der Waals surface area (Å²) in [5.74, 6) is 0.158. The number of aryl methyl sites for hydroxylation is 1. The Kier molecular flexibility index (Phi) is 2.55. The third kappa shape index (κ3) is 2.07. The van der Waals surface area contributed by atoms with E-state index in [0.717, 1.165) is 0 Å². The Morgan fingerprint density at radius 1 is 1.60 bits per heavy atom. The second-order valence-electron chi connectivity index (χ2n) is 2.70. The summed E-state index contributed by atoms with van der Waals surface area (Å²) in [6.07, 6.45) is 1.40. The number of nitrogens with zero attached hydrogens (tertiary/aromatic N) is 2. The zero-order valence-electron chi connectivity index (χ0n) is 7.65. The minimum Gasteiger partial charge on any atom is -0.458 e. The van der Waals surface area contributed by atoms with Gasteiger partial charge in [0.25, 0.3) is 5.91 Å². The van der Waals surface area contributed by atoms with Crippen molar-refractivity contribution in [2.75, 3.05) is 5.32 Å². The van der Waals surface area contributed by atoms with E-state index < -0.39 is 5.91 Å². The summed E-state index contributed by atoms with van der Waals surface area (Å²) in [6, 6.07) is 1.66. The van der Waals surface area contributed by atoms with E-state index in [0.29, 0.717) is 10.3 Å². The van der Waals surface area contributed by atoms with Crippen molar-refractivity contribution in [3.63, 3.8) is 0 Å². The zero-order chi connectivity index (χ0) is 10.8. The Bertz CT molecular complexity index is 491. The minimum atomic E-state index is -0.449. The van der Waals surface area contributed by atoms with Crippen LogP contribution < -0.4 is 5.32 Å². The molecule has 0 radical (unpaired) electrons. The molecule has 0 aliphatic heterocycles. The van der Waals surface area contributed by atoms with Gasteiger partial charge in [-0.25, -0.2) is 0 Å². The first kappa shape index (κ1) is 9.91. The average Bonchev–Trinajstić information content (AvgIpc) is 2.75. The lowest BCUT2D eigenvalue weighted by Gasteiger charge is -1.95. The predicted molar refractivity (Wildman–Crippen MR) is 53.4 cm³/mol. The van der Waals surface area contributed by atoms with Crippen LogP contribution in [0.1, 0.15) is 16.4 Å². The third-order valence-corrected chi connectivity index (χ3v) is 2.20. The molecule has 0 aliphatic carbocycles. The average molecular weight is 272 g/mol. The van der Waals surface area contributed by atoms with Crippen LogP contribution in [0.4, 0.5) is 6.01 Å². The fourth-order valence-electron chi connectivity index (χ4n) is 0.957. The van der Waals surface area contributed by atoms with Crippen LogP contribution in [0.25, 0.3) is 0 Å². The molecular formula is C8H6BrN3O3. The number of furan rings is 1. The molecule has 0 fully saturated rings. The Morgan fingerprint density at radius 3 is 2.93 bits per heavy atom. The van der Waals surface area contributed by atoms with Crippen LogP contribution in [-0.2, 0) is 0 Å². The van der Waals surface area contributed by atoms with Gasteiger partial charge in [0.05, 0.1) is 10.7 Å². The molecule has 6 nitrogen and oxygen atoms in total. The van der Waals surface area contributed by atoms with Crippen LogP contribution in [-0.4, -0.2) is 16.0 Å². The summed E-state index contributed by atoms with van der Waals surface area (Å²) in [5, 5.41) is 5.93. The smallest absolute Gasteiger partial charge is 0.328 e. The molecule has 1 N–H and O–H groups in total. The molecule has 2 rings (SSSR count). The summed E-state index contributed by atoms with van der Waals surface area (Å²) < 4.78 is 10.2. The van der Waals surface area contributed by atoms with Gasteiger partial charge in [-0.05, 0) is 28.9 Å². The second kappa shape index (κ2) is 3.85. The van der Waals surface area contributed by atoms with E-state index >= 15 is 0 Å². The van der Waals surface area contributed by atoms with Crippen LogP contribution in [0.3, 0.4) is 0 Å². The van der Waals surface area contributed by atoms with Crippen molar-refractivity contribution in [3.05, 3.63) is 28.4 Å². The number of anilines is 1. The molecule has 15 heavy (non-hydrogen) atoms. The maximum Gasteiger partial charge on any atom is 0.328 e. The lowest BCUT2D eigenvalue weighted by Crippen LogP contribution is -2.11. The largest absolute Gasteiger partial charge is 0.458 e. The molecule has 0 spiro atoms. The van der Waals surface area contributed by atoms with Gasteiger partial charge in [0, 0.05) is 0 Å². The molecule has 2 aromatic rings. The fourth-order valence-corrected chi connectivity index (χ4v) is 1.34. The molecular weight excluding hydrogens is 266 g/mol. The third-order valence-electron chi connectivity index (χ3n) is 1.57. The van der Waals surface area contributed by atoms with E-state index in [1.807, 2.05) is 0 Å². The standard InChI is InChI=1S/C8H6BrN3O3/c1-4-10-8(15-12-4)11-7(13)6-5(9)2-3-14-6/h2-3H,1H3,(H,10,11,12,13). The number of amides is 1. The van der Waals surface area contributed by atoms with E-state index in [1.54, 1.807) is 13.0 Å². The number of aromatic nitrogens is 2. The van der Waals surface area contributed by atoms with Crippen molar-refractivity contribution in [1.82, 2.24) is 10.1 Å².